The third kappa shape index (κ3) is 4.34. The summed E-state index contributed by atoms with van der Waals surface area (Å²) in [6.45, 7) is 1.66. The van der Waals surface area contributed by atoms with Crippen molar-refractivity contribution < 1.29 is 27.8 Å². The van der Waals surface area contributed by atoms with E-state index >= 15 is 0 Å². The lowest BCUT2D eigenvalue weighted by molar-refractivity contribution is -0.140. The molecule has 1 fully saturated rings. The summed E-state index contributed by atoms with van der Waals surface area (Å²) in [5.74, 6) is -1.25. The fourth-order valence-corrected chi connectivity index (χ4v) is 5.81. The summed E-state index contributed by atoms with van der Waals surface area (Å²) in [5, 5.41) is 9.87. The molecule has 2 aromatic carbocycles. The van der Waals surface area contributed by atoms with E-state index in [0.29, 0.717) is 4.47 Å². The van der Waals surface area contributed by atoms with Crippen LogP contribution in [0.2, 0.25) is 10.0 Å². The smallest absolute Gasteiger partial charge is 0.325 e. The molecule has 0 heterocycles. The quantitative estimate of drug-likeness (QED) is 0.544. The first-order valence-corrected chi connectivity index (χ1v) is 11.3. The maximum absolute atomic E-state index is 12.9. The van der Waals surface area contributed by atoms with E-state index in [4.69, 9.17) is 32.7 Å². The maximum atomic E-state index is 12.9. The summed E-state index contributed by atoms with van der Waals surface area (Å²) in [4.78, 5) is 11.3. The Kier molecular flexibility index (Phi) is 6.08. The van der Waals surface area contributed by atoms with Crippen LogP contribution >= 0.6 is 39.1 Å². The lowest BCUT2D eigenvalue weighted by Gasteiger charge is -2.17. The zero-order valence-corrected chi connectivity index (χ0v) is 19.1. The van der Waals surface area contributed by atoms with Crippen molar-refractivity contribution in [1.82, 2.24) is 4.72 Å². The molecule has 0 spiro atoms. The largest absolute Gasteiger partial charge is 0.495 e. The molecule has 7 nitrogen and oxygen atoms in total. The third-order valence-electron chi connectivity index (χ3n) is 4.61. The zero-order chi connectivity index (χ0) is 21.6. The number of hydrogen-bond acceptors (Lipinski definition) is 5. The first-order chi connectivity index (χ1) is 13.5. The van der Waals surface area contributed by atoms with Gasteiger partial charge >= 0.3 is 5.97 Å². The Labute approximate surface area is 186 Å². The monoisotopic (exact) mass is 523 g/mol. The van der Waals surface area contributed by atoms with Crippen LogP contribution in [0.15, 0.2) is 39.7 Å². The second-order valence-electron chi connectivity index (χ2n) is 6.60. The van der Waals surface area contributed by atoms with Gasteiger partial charge in [-0.3, -0.25) is 4.79 Å². The van der Waals surface area contributed by atoms with Crippen LogP contribution in [0.5, 0.6) is 17.2 Å². The van der Waals surface area contributed by atoms with Gasteiger partial charge in [0.2, 0.25) is 10.0 Å². The van der Waals surface area contributed by atoms with Crippen molar-refractivity contribution in [1.29, 1.82) is 0 Å². The van der Waals surface area contributed by atoms with Crippen molar-refractivity contribution in [2.75, 3.05) is 7.11 Å². The number of ether oxygens (including phenoxy) is 2. The Morgan fingerprint density at radius 2 is 1.86 bits per heavy atom. The van der Waals surface area contributed by atoms with E-state index in [0.717, 1.165) is 0 Å². The molecule has 2 atom stereocenters. The van der Waals surface area contributed by atoms with E-state index in [1.54, 1.807) is 19.1 Å². The van der Waals surface area contributed by atoms with Gasteiger partial charge in [-0.1, -0.05) is 46.1 Å². The van der Waals surface area contributed by atoms with E-state index in [1.807, 2.05) is 0 Å². The van der Waals surface area contributed by atoms with Crippen molar-refractivity contribution in [3.05, 3.63) is 44.8 Å². The number of halogens is 3. The van der Waals surface area contributed by atoms with Crippen LogP contribution in [0, 0.1) is 5.92 Å². The Balaban J connectivity index is 1.99. The lowest BCUT2D eigenvalue weighted by Crippen LogP contribution is -2.44. The van der Waals surface area contributed by atoms with Crippen LogP contribution < -0.4 is 14.2 Å². The molecular weight excluding hydrogens is 509 g/mol. The average Bonchev–Trinajstić information content (AvgIpc) is 3.27. The predicted octanol–water partition coefficient (Wildman–Crippen LogP) is 4.70. The van der Waals surface area contributed by atoms with Gasteiger partial charge in [-0.25, -0.2) is 8.42 Å². The molecule has 2 aromatic rings. The molecule has 3 rings (SSSR count). The van der Waals surface area contributed by atoms with Crippen LogP contribution in [0.25, 0.3) is 0 Å². The summed E-state index contributed by atoms with van der Waals surface area (Å²) < 4.78 is 39.6. The number of carbonyl (C=O) groups is 1. The minimum absolute atomic E-state index is 0.0340. The van der Waals surface area contributed by atoms with Crippen molar-refractivity contribution in [3.63, 3.8) is 0 Å². The van der Waals surface area contributed by atoms with Crippen molar-refractivity contribution >= 4 is 55.1 Å². The minimum atomic E-state index is -4.23. The predicted molar refractivity (Wildman–Crippen MR) is 112 cm³/mol. The molecule has 29 heavy (non-hydrogen) atoms. The topological polar surface area (TPSA) is 102 Å². The molecule has 0 bridgehead atoms. The van der Waals surface area contributed by atoms with Gasteiger partial charge in [0.1, 0.15) is 21.9 Å². The van der Waals surface area contributed by atoms with Crippen LogP contribution in [0.4, 0.5) is 0 Å². The summed E-state index contributed by atoms with van der Waals surface area (Å²) in [7, 11) is -2.92. The van der Waals surface area contributed by atoms with Gasteiger partial charge in [0.15, 0.2) is 5.75 Å². The highest BCUT2D eigenvalue weighted by Gasteiger charge is 2.60. The van der Waals surface area contributed by atoms with Gasteiger partial charge in [0, 0.05) is 10.5 Å². The van der Waals surface area contributed by atoms with Gasteiger partial charge in [0.25, 0.3) is 0 Å². The number of sulfonamides is 1. The lowest BCUT2D eigenvalue weighted by atomic mass is 10.2. The maximum Gasteiger partial charge on any atom is 0.325 e. The molecule has 0 radical (unpaired) electrons. The number of rotatable bonds is 7. The molecule has 2 unspecified atom stereocenters. The first-order valence-electron chi connectivity index (χ1n) is 8.28. The van der Waals surface area contributed by atoms with Crippen molar-refractivity contribution in [2.45, 2.75) is 23.8 Å². The molecule has 11 heteroatoms. The molecule has 0 aromatic heterocycles. The number of carboxylic acids is 1. The Morgan fingerprint density at radius 1 is 1.28 bits per heavy atom. The molecule has 0 aliphatic heterocycles. The molecule has 1 aliphatic carbocycles. The van der Waals surface area contributed by atoms with Crippen molar-refractivity contribution in [3.8, 4) is 17.2 Å². The summed E-state index contributed by atoms with van der Waals surface area (Å²) in [5.41, 5.74) is -1.53. The van der Waals surface area contributed by atoms with Crippen LogP contribution in [0.1, 0.15) is 13.3 Å². The molecular formula is C18H16BrCl2NO6S. The van der Waals surface area contributed by atoms with Gasteiger partial charge in [-0.15, -0.1) is 0 Å². The Hall–Kier alpha value is -1.52. The van der Waals surface area contributed by atoms with Gasteiger partial charge < -0.3 is 14.6 Å². The van der Waals surface area contributed by atoms with Gasteiger partial charge in [-0.2, -0.15) is 4.72 Å². The van der Waals surface area contributed by atoms with E-state index in [-0.39, 0.29) is 44.5 Å². The van der Waals surface area contributed by atoms with E-state index in [2.05, 4.69) is 20.7 Å². The zero-order valence-electron chi connectivity index (χ0n) is 15.2. The van der Waals surface area contributed by atoms with Crippen LogP contribution in [0.3, 0.4) is 0 Å². The van der Waals surface area contributed by atoms with Crippen LogP contribution in [-0.2, 0) is 14.8 Å². The number of methoxy groups -OCH3 is 1. The molecule has 156 valence electrons. The number of nitrogens with one attached hydrogen (secondary N) is 1. The highest BCUT2D eigenvalue weighted by Crippen LogP contribution is 2.45. The number of aliphatic carboxylic acids is 1. The highest BCUT2D eigenvalue weighted by molar-refractivity contribution is 9.10. The van der Waals surface area contributed by atoms with E-state index in [9.17, 15) is 18.3 Å². The normalized spacial score (nSPS) is 20.9. The summed E-state index contributed by atoms with van der Waals surface area (Å²) >= 11 is 15.6. The van der Waals surface area contributed by atoms with Gasteiger partial charge in [0.05, 0.1) is 17.2 Å². The first kappa shape index (κ1) is 22.2. The second kappa shape index (κ2) is 7.96. The molecule has 0 amide bonds. The summed E-state index contributed by atoms with van der Waals surface area (Å²) in [6.07, 6.45) is 0.199. The standard InChI is InChI=1S/C18H16BrCl2NO6S/c1-9-8-18(9,17(23)24)22-29(25,26)15-7-11(3-4-14(15)27-2)28-16-12(20)5-10(19)6-13(16)21/h3-7,9,22H,8H2,1-2H3,(H,23,24). The number of hydrogen-bond donors (Lipinski definition) is 2. The summed E-state index contributed by atoms with van der Waals surface area (Å²) in [6, 6.07) is 7.26. The SMILES string of the molecule is COc1ccc(Oc2c(Cl)cc(Br)cc2Cl)cc1S(=O)(=O)NC1(C(=O)O)CC1C. The van der Waals surface area contributed by atoms with E-state index in [1.165, 1.54) is 25.3 Å². The molecule has 0 saturated heterocycles. The fraction of sp³-hybridized carbons (Fsp3) is 0.278. The molecule has 1 saturated carbocycles. The van der Waals surface area contributed by atoms with E-state index < -0.39 is 21.5 Å². The average molecular weight is 525 g/mol. The Morgan fingerprint density at radius 3 is 2.34 bits per heavy atom. The van der Waals surface area contributed by atoms with Gasteiger partial charge in [-0.05, 0) is 36.6 Å². The molecule has 2 N–H and O–H groups in total. The third-order valence-corrected chi connectivity index (χ3v) is 7.17. The minimum Gasteiger partial charge on any atom is -0.495 e. The van der Waals surface area contributed by atoms with Crippen molar-refractivity contribution in [2.24, 2.45) is 5.92 Å². The molecule has 1 aliphatic rings. The van der Waals surface area contributed by atoms with Crippen LogP contribution in [-0.4, -0.2) is 32.1 Å². The fourth-order valence-electron chi connectivity index (χ4n) is 2.88. The second-order valence-corrected chi connectivity index (χ2v) is 9.98. The highest BCUT2D eigenvalue weighted by atomic mass is 79.9. The number of carboxylic acid groups (broad SMARTS) is 1. The Bertz CT molecular complexity index is 1070. The number of benzene rings is 2.